The van der Waals surface area contributed by atoms with Crippen LogP contribution in [0.15, 0.2) is 57.9 Å². The third kappa shape index (κ3) is 3.21. The summed E-state index contributed by atoms with van der Waals surface area (Å²) in [6, 6.07) is 14.8. The second-order valence-electron chi connectivity index (χ2n) is 5.91. The summed E-state index contributed by atoms with van der Waals surface area (Å²) >= 11 is 3.40. The Hall–Kier alpha value is -1.21. The number of nitrogens with two attached hydrogens (primary N) is 1. The van der Waals surface area contributed by atoms with E-state index in [1.165, 1.54) is 4.31 Å². The van der Waals surface area contributed by atoms with Gasteiger partial charge in [0.15, 0.2) is 0 Å². The molecular weight excluding hydrogens is 376 g/mol. The monoisotopic (exact) mass is 394 g/mol. The van der Waals surface area contributed by atoms with Gasteiger partial charge in [0.2, 0.25) is 10.0 Å². The molecule has 2 aromatic rings. The van der Waals surface area contributed by atoms with Gasteiger partial charge in [-0.15, -0.1) is 0 Å². The van der Waals surface area contributed by atoms with E-state index in [2.05, 4.69) is 15.9 Å². The number of hydrogen-bond acceptors (Lipinski definition) is 3. The standard InChI is InChI=1S/C17H19BrN2O2S/c1-12-9-14(7-8-16(12)18)23(21,22)20-10-15(17(19)11-20)13-5-3-2-4-6-13/h2-9,15,17H,10-11,19H2,1H3/t15-,17+/m0/s1. The molecule has 0 spiro atoms. The van der Waals surface area contributed by atoms with Crippen LogP contribution in [-0.2, 0) is 10.0 Å². The summed E-state index contributed by atoms with van der Waals surface area (Å²) in [6.07, 6.45) is 0. The lowest BCUT2D eigenvalue weighted by Gasteiger charge is -2.17. The van der Waals surface area contributed by atoms with Crippen molar-refractivity contribution in [1.29, 1.82) is 0 Å². The van der Waals surface area contributed by atoms with E-state index in [9.17, 15) is 8.42 Å². The van der Waals surface area contributed by atoms with Gasteiger partial charge >= 0.3 is 0 Å². The van der Waals surface area contributed by atoms with Crippen LogP contribution in [0.2, 0.25) is 0 Å². The molecule has 0 radical (unpaired) electrons. The normalized spacial score (nSPS) is 22.4. The number of aryl methyl sites for hydroxylation is 1. The summed E-state index contributed by atoms with van der Waals surface area (Å²) in [5, 5.41) is 0. The van der Waals surface area contributed by atoms with E-state index < -0.39 is 10.0 Å². The molecule has 2 aromatic carbocycles. The molecule has 2 N–H and O–H groups in total. The van der Waals surface area contributed by atoms with Gasteiger partial charge in [0.25, 0.3) is 0 Å². The van der Waals surface area contributed by atoms with Gasteiger partial charge in [0.1, 0.15) is 0 Å². The largest absolute Gasteiger partial charge is 0.326 e. The van der Waals surface area contributed by atoms with Crippen LogP contribution in [0.25, 0.3) is 0 Å². The minimum Gasteiger partial charge on any atom is -0.326 e. The summed E-state index contributed by atoms with van der Waals surface area (Å²) in [5.41, 5.74) is 8.20. The van der Waals surface area contributed by atoms with Crippen molar-refractivity contribution in [3.63, 3.8) is 0 Å². The molecule has 1 fully saturated rings. The van der Waals surface area contributed by atoms with Gasteiger partial charge in [0, 0.05) is 29.5 Å². The Morgan fingerprint density at radius 2 is 1.83 bits per heavy atom. The Balaban J connectivity index is 1.88. The highest BCUT2D eigenvalue weighted by atomic mass is 79.9. The van der Waals surface area contributed by atoms with Crippen LogP contribution >= 0.6 is 15.9 Å². The summed E-state index contributed by atoms with van der Waals surface area (Å²) in [5.74, 6) is 0.0301. The molecule has 0 aromatic heterocycles. The summed E-state index contributed by atoms with van der Waals surface area (Å²) < 4.78 is 28.1. The molecule has 1 saturated heterocycles. The van der Waals surface area contributed by atoms with Crippen molar-refractivity contribution in [2.45, 2.75) is 23.8 Å². The Morgan fingerprint density at radius 3 is 2.48 bits per heavy atom. The molecule has 2 atom stereocenters. The molecule has 0 aliphatic carbocycles. The van der Waals surface area contributed by atoms with E-state index in [1.807, 2.05) is 37.3 Å². The zero-order chi connectivity index (χ0) is 16.6. The Bertz CT molecular complexity index is 809. The lowest BCUT2D eigenvalue weighted by atomic mass is 9.95. The number of sulfonamides is 1. The first-order chi connectivity index (χ1) is 10.9. The van der Waals surface area contributed by atoms with Crippen molar-refractivity contribution in [1.82, 2.24) is 4.31 Å². The first-order valence-electron chi connectivity index (χ1n) is 7.46. The highest BCUT2D eigenvalue weighted by Gasteiger charge is 2.38. The average molecular weight is 395 g/mol. The van der Waals surface area contributed by atoms with Crippen LogP contribution in [0.3, 0.4) is 0 Å². The van der Waals surface area contributed by atoms with Crippen molar-refractivity contribution in [3.05, 3.63) is 64.1 Å². The zero-order valence-electron chi connectivity index (χ0n) is 12.8. The van der Waals surface area contributed by atoms with E-state index in [1.54, 1.807) is 18.2 Å². The SMILES string of the molecule is Cc1cc(S(=O)(=O)N2C[C@@H](N)[C@H](c3ccccc3)C2)ccc1Br. The smallest absolute Gasteiger partial charge is 0.243 e. The molecule has 1 heterocycles. The molecule has 0 amide bonds. The van der Waals surface area contributed by atoms with E-state index >= 15 is 0 Å². The van der Waals surface area contributed by atoms with E-state index in [-0.39, 0.29) is 12.0 Å². The molecule has 0 unspecified atom stereocenters. The van der Waals surface area contributed by atoms with E-state index in [4.69, 9.17) is 5.73 Å². The van der Waals surface area contributed by atoms with Crippen LogP contribution in [0.1, 0.15) is 17.0 Å². The maximum Gasteiger partial charge on any atom is 0.243 e. The van der Waals surface area contributed by atoms with Crippen LogP contribution in [0.5, 0.6) is 0 Å². The lowest BCUT2D eigenvalue weighted by Crippen LogP contribution is -2.32. The predicted octanol–water partition coefficient (Wildman–Crippen LogP) is 2.87. The van der Waals surface area contributed by atoms with Crippen molar-refractivity contribution >= 4 is 26.0 Å². The Morgan fingerprint density at radius 1 is 1.13 bits per heavy atom. The minimum atomic E-state index is -3.52. The first-order valence-corrected chi connectivity index (χ1v) is 9.70. The third-order valence-corrected chi connectivity index (χ3v) is 7.04. The Labute approximate surface area is 145 Å². The molecule has 23 heavy (non-hydrogen) atoms. The maximum absolute atomic E-state index is 12.9. The predicted molar refractivity (Wildman–Crippen MR) is 94.8 cm³/mol. The molecular formula is C17H19BrN2O2S. The maximum atomic E-state index is 12.9. The zero-order valence-corrected chi connectivity index (χ0v) is 15.2. The van der Waals surface area contributed by atoms with Crippen molar-refractivity contribution in [2.24, 2.45) is 5.73 Å². The van der Waals surface area contributed by atoms with Gasteiger partial charge in [-0.05, 0) is 36.2 Å². The number of rotatable bonds is 3. The molecule has 4 nitrogen and oxygen atoms in total. The highest BCUT2D eigenvalue weighted by molar-refractivity contribution is 9.10. The molecule has 0 bridgehead atoms. The van der Waals surface area contributed by atoms with Crippen LogP contribution in [-0.4, -0.2) is 31.9 Å². The average Bonchev–Trinajstić information content (AvgIpc) is 2.93. The van der Waals surface area contributed by atoms with Gasteiger partial charge in [0.05, 0.1) is 4.90 Å². The van der Waals surface area contributed by atoms with Gasteiger partial charge in [-0.2, -0.15) is 4.31 Å². The van der Waals surface area contributed by atoms with E-state index in [0.29, 0.717) is 18.0 Å². The van der Waals surface area contributed by atoms with Gasteiger partial charge in [-0.25, -0.2) is 8.42 Å². The fourth-order valence-corrected chi connectivity index (χ4v) is 4.80. The first kappa shape index (κ1) is 16.6. The van der Waals surface area contributed by atoms with Crippen LogP contribution in [0, 0.1) is 6.92 Å². The minimum absolute atomic E-state index is 0.0301. The van der Waals surface area contributed by atoms with Gasteiger partial charge < -0.3 is 5.73 Å². The molecule has 122 valence electrons. The Kier molecular flexibility index (Phi) is 4.60. The third-order valence-electron chi connectivity index (χ3n) is 4.33. The lowest BCUT2D eigenvalue weighted by molar-refractivity contribution is 0.470. The summed E-state index contributed by atoms with van der Waals surface area (Å²) in [6.45, 7) is 2.64. The second kappa shape index (κ2) is 6.36. The summed E-state index contributed by atoms with van der Waals surface area (Å²) in [4.78, 5) is 0.319. The molecule has 3 rings (SSSR count). The van der Waals surface area contributed by atoms with Gasteiger partial charge in [-0.1, -0.05) is 46.3 Å². The number of benzene rings is 2. The van der Waals surface area contributed by atoms with E-state index in [0.717, 1.165) is 15.6 Å². The fraction of sp³-hybridized carbons (Fsp3) is 0.294. The van der Waals surface area contributed by atoms with Crippen LogP contribution in [0.4, 0.5) is 0 Å². The van der Waals surface area contributed by atoms with Crippen molar-refractivity contribution in [3.8, 4) is 0 Å². The summed E-state index contributed by atoms with van der Waals surface area (Å²) in [7, 11) is -3.52. The second-order valence-corrected chi connectivity index (χ2v) is 8.71. The highest BCUT2D eigenvalue weighted by Crippen LogP contribution is 2.31. The quantitative estimate of drug-likeness (QED) is 0.870. The molecule has 6 heteroatoms. The number of nitrogens with zero attached hydrogens (tertiary/aromatic N) is 1. The topological polar surface area (TPSA) is 63.4 Å². The van der Waals surface area contributed by atoms with Crippen LogP contribution < -0.4 is 5.73 Å². The van der Waals surface area contributed by atoms with Crippen molar-refractivity contribution < 1.29 is 8.42 Å². The number of hydrogen-bond donors (Lipinski definition) is 1. The number of halogens is 1. The van der Waals surface area contributed by atoms with Gasteiger partial charge in [-0.3, -0.25) is 0 Å². The molecule has 1 aliphatic rings. The molecule has 0 saturated carbocycles. The fourth-order valence-electron chi connectivity index (χ4n) is 2.97. The van der Waals surface area contributed by atoms with Crippen molar-refractivity contribution in [2.75, 3.05) is 13.1 Å². The molecule has 1 aliphatic heterocycles.